The van der Waals surface area contributed by atoms with E-state index in [0.717, 1.165) is 19.6 Å². The minimum atomic E-state index is 0.212. The van der Waals surface area contributed by atoms with Gasteiger partial charge < -0.3 is 10.1 Å². The summed E-state index contributed by atoms with van der Waals surface area (Å²) in [5.41, 5.74) is 2.79. The second-order valence-corrected chi connectivity index (χ2v) is 5.54. The summed E-state index contributed by atoms with van der Waals surface area (Å²) in [4.78, 5) is 0. The van der Waals surface area contributed by atoms with Gasteiger partial charge in [0, 0.05) is 12.3 Å². The Labute approximate surface area is 98.0 Å². The van der Waals surface area contributed by atoms with Gasteiger partial charge in [0.2, 0.25) is 0 Å². The summed E-state index contributed by atoms with van der Waals surface area (Å²) in [6, 6.07) is 9.18. The maximum atomic E-state index is 5.36. The highest BCUT2D eigenvalue weighted by molar-refractivity contribution is 5.48. The average Bonchev–Trinajstić information content (AvgIpc) is 2.70. The van der Waals surface area contributed by atoms with Gasteiger partial charge in [0.05, 0.1) is 12.6 Å². The van der Waals surface area contributed by atoms with Crippen molar-refractivity contribution in [1.29, 1.82) is 0 Å². The van der Waals surface area contributed by atoms with E-state index in [4.69, 9.17) is 4.74 Å². The van der Waals surface area contributed by atoms with Crippen molar-refractivity contribution in [2.45, 2.75) is 38.6 Å². The van der Waals surface area contributed by atoms with Gasteiger partial charge in [0.1, 0.15) is 0 Å². The van der Waals surface area contributed by atoms with E-state index in [1.807, 2.05) is 0 Å². The standard InChI is InChI=1S/C14H21NO/c1-14(2,3)11-5-4-6-12(9-11)15-13-7-8-16-10-13/h4-6,9,13,15H,7-8,10H2,1-3H3. The number of hydrogen-bond acceptors (Lipinski definition) is 2. The monoisotopic (exact) mass is 219 g/mol. The molecule has 2 rings (SSSR count). The molecule has 0 aliphatic carbocycles. The molecular weight excluding hydrogens is 198 g/mol. The molecule has 0 spiro atoms. The van der Waals surface area contributed by atoms with E-state index in [0.29, 0.717) is 6.04 Å². The van der Waals surface area contributed by atoms with Crippen LogP contribution < -0.4 is 5.32 Å². The molecule has 1 aromatic carbocycles. The van der Waals surface area contributed by atoms with Crippen LogP contribution in [0.3, 0.4) is 0 Å². The SMILES string of the molecule is CC(C)(C)c1cccc(NC2CCOC2)c1. The van der Waals surface area contributed by atoms with E-state index < -0.39 is 0 Å². The molecule has 1 saturated heterocycles. The van der Waals surface area contributed by atoms with Crippen LogP contribution in [0.5, 0.6) is 0 Å². The van der Waals surface area contributed by atoms with Crippen molar-refractivity contribution in [3.8, 4) is 0 Å². The van der Waals surface area contributed by atoms with Crippen molar-refractivity contribution < 1.29 is 4.74 Å². The lowest BCUT2D eigenvalue weighted by molar-refractivity contribution is 0.195. The maximum Gasteiger partial charge on any atom is 0.0668 e. The molecule has 1 unspecified atom stereocenters. The van der Waals surface area contributed by atoms with Crippen LogP contribution in [-0.4, -0.2) is 19.3 Å². The summed E-state index contributed by atoms with van der Waals surface area (Å²) in [5.74, 6) is 0. The first kappa shape index (κ1) is 11.5. The molecule has 2 nitrogen and oxygen atoms in total. The van der Waals surface area contributed by atoms with Crippen LogP contribution in [0.2, 0.25) is 0 Å². The fraction of sp³-hybridized carbons (Fsp3) is 0.571. The molecule has 1 atom stereocenters. The fourth-order valence-electron chi connectivity index (χ4n) is 1.96. The van der Waals surface area contributed by atoms with Gasteiger partial charge >= 0.3 is 0 Å². The molecule has 0 aromatic heterocycles. The van der Waals surface area contributed by atoms with Crippen LogP contribution >= 0.6 is 0 Å². The highest BCUT2D eigenvalue weighted by Crippen LogP contribution is 2.25. The third-order valence-electron chi connectivity index (χ3n) is 3.03. The van der Waals surface area contributed by atoms with Crippen molar-refractivity contribution >= 4 is 5.69 Å². The summed E-state index contributed by atoms with van der Waals surface area (Å²) < 4.78 is 5.36. The Morgan fingerprint density at radius 2 is 2.12 bits per heavy atom. The Bertz CT molecular complexity index is 348. The molecule has 1 fully saturated rings. The van der Waals surface area contributed by atoms with Gasteiger partial charge in [-0.1, -0.05) is 32.9 Å². The van der Waals surface area contributed by atoms with Crippen molar-refractivity contribution in [2.75, 3.05) is 18.5 Å². The molecule has 1 aliphatic heterocycles. The molecule has 0 amide bonds. The fourth-order valence-corrected chi connectivity index (χ4v) is 1.96. The van der Waals surface area contributed by atoms with Crippen molar-refractivity contribution in [3.05, 3.63) is 29.8 Å². The van der Waals surface area contributed by atoms with Crippen molar-refractivity contribution in [2.24, 2.45) is 0 Å². The molecule has 88 valence electrons. The van der Waals surface area contributed by atoms with Gasteiger partial charge in [-0.15, -0.1) is 0 Å². The van der Waals surface area contributed by atoms with E-state index in [1.54, 1.807) is 0 Å². The zero-order valence-electron chi connectivity index (χ0n) is 10.4. The van der Waals surface area contributed by atoms with E-state index in [1.165, 1.54) is 11.3 Å². The third kappa shape index (κ3) is 2.76. The minimum Gasteiger partial charge on any atom is -0.380 e. The van der Waals surface area contributed by atoms with Gasteiger partial charge in [0.25, 0.3) is 0 Å². The van der Waals surface area contributed by atoms with Gasteiger partial charge in [-0.3, -0.25) is 0 Å². The Hall–Kier alpha value is -1.02. The first-order valence-electron chi connectivity index (χ1n) is 6.00. The Kier molecular flexibility index (Phi) is 3.20. The molecule has 1 aromatic rings. The summed E-state index contributed by atoms with van der Waals surface area (Å²) in [6.07, 6.45) is 1.11. The lowest BCUT2D eigenvalue weighted by atomic mass is 9.87. The van der Waals surface area contributed by atoms with Crippen molar-refractivity contribution in [3.63, 3.8) is 0 Å². The zero-order chi connectivity index (χ0) is 11.6. The lowest BCUT2D eigenvalue weighted by Gasteiger charge is -2.21. The molecule has 0 saturated carbocycles. The summed E-state index contributed by atoms with van der Waals surface area (Å²) >= 11 is 0. The molecule has 1 aliphatic rings. The molecular formula is C14H21NO. The van der Waals surface area contributed by atoms with Crippen LogP contribution in [0, 0.1) is 0 Å². The Balaban J connectivity index is 2.09. The van der Waals surface area contributed by atoms with Crippen LogP contribution in [0.4, 0.5) is 5.69 Å². The average molecular weight is 219 g/mol. The number of ether oxygens (including phenoxy) is 1. The van der Waals surface area contributed by atoms with E-state index in [9.17, 15) is 0 Å². The number of anilines is 1. The van der Waals surface area contributed by atoms with E-state index >= 15 is 0 Å². The van der Waals surface area contributed by atoms with Crippen LogP contribution in [-0.2, 0) is 10.2 Å². The van der Waals surface area contributed by atoms with E-state index in [-0.39, 0.29) is 5.41 Å². The smallest absolute Gasteiger partial charge is 0.0668 e. The number of hydrogen-bond donors (Lipinski definition) is 1. The molecule has 1 N–H and O–H groups in total. The van der Waals surface area contributed by atoms with Crippen LogP contribution in [0.15, 0.2) is 24.3 Å². The normalized spacial score (nSPS) is 21.1. The molecule has 0 bridgehead atoms. The topological polar surface area (TPSA) is 21.3 Å². The van der Waals surface area contributed by atoms with Crippen LogP contribution in [0.1, 0.15) is 32.8 Å². The quantitative estimate of drug-likeness (QED) is 0.825. The number of benzene rings is 1. The Morgan fingerprint density at radius 1 is 1.31 bits per heavy atom. The first-order valence-corrected chi connectivity index (χ1v) is 6.00. The number of nitrogens with one attached hydrogen (secondary N) is 1. The van der Waals surface area contributed by atoms with Gasteiger partial charge in [-0.25, -0.2) is 0 Å². The zero-order valence-corrected chi connectivity index (χ0v) is 10.4. The molecule has 1 heterocycles. The highest BCUT2D eigenvalue weighted by Gasteiger charge is 2.17. The second kappa shape index (κ2) is 4.46. The summed E-state index contributed by atoms with van der Waals surface area (Å²) in [5, 5.41) is 3.53. The van der Waals surface area contributed by atoms with Crippen molar-refractivity contribution in [1.82, 2.24) is 0 Å². The van der Waals surface area contributed by atoms with Gasteiger partial charge in [-0.2, -0.15) is 0 Å². The minimum absolute atomic E-state index is 0.212. The molecule has 16 heavy (non-hydrogen) atoms. The molecule has 2 heteroatoms. The summed E-state index contributed by atoms with van der Waals surface area (Å²) in [6.45, 7) is 8.44. The molecule has 0 radical (unpaired) electrons. The highest BCUT2D eigenvalue weighted by atomic mass is 16.5. The lowest BCUT2D eigenvalue weighted by Crippen LogP contribution is -2.19. The maximum absolute atomic E-state index is 5.36. The van der Waals surface area contributed by atoms with Crippen LogP contribution in [0.25, 0.3) is 0 Å². The Morgan fingerprint density at radius 3 is 2.75 bits per heavy atom. The number of rotatable bonds is 2. The second-order valence-electron chi connectivity index (χ2n) is 5.54. The van der Waals surface area contributed by atoms with Gasteiger partial charge in [0.15, 0.2) is 0 Å². The van der Waals surface area contributed by atoms with E-state index in [2.05, 4.69) is 50.4 Å². The predicted octanol–water partition coefficient (Wildman–Crippen LogP) is 3.18. The first-order chi connectivity index (χ1) is 7.55. The predicted molar refractivity (Wildman–Crippen MR) is 68.0 cm³/mol. The third-order valence-corrected chi connectivity index (χ3v) is 3.03. The van der Waals surface area contributed by atoms with Gasteiger partial charge in [-0.05, 0) is 29.5 Å². The largest absolute Gasteiger partial charge is 0.380 e. The summed E-state index contributed by atoms with van der Waals surface area (Å²) in [7, 11) is 0.